The van der Waals surface area contributed by atoms with E-state index >= 15 is 0 Å². The summed E-state index contributed by atoms with van der Waals surface area (Å²) in [6.07, 6.45) is 2.96. The molecule has 0 N–H and O–H groups in total. The minimum absolute atomic E-state index is 0.0294. The lowest BCUT2D eigenvalue weighted by atomic mass is 10.3. The van der Waals surface area contributed by atoms with E-state index in [0.717, 1.165) is 8.66 Å². The molecule has 0 atom stereocenters. The van der Waals surface area contributed by atoms with Gasteiger partial charge in [-0.2, -0.15) is 0 Å². The Morgan fingerprint density at radius 2 is 2.31 bits per heavy atom. The average molecular weight is 300 g/mol. The Bertz CT molecular complexity index is 478. The molecule has 2 aromatic rings. The molecule has 0 aliphatic heterocycles. The van der Waals surface area contributed by atoms with Crippen molar-refractivity contribution in [2.24, 2.45) is 0 Å². The minimum Gasteiger partial charge on any atom is -0.472 e. The molecule has 2 heterocycles. The topological polar surface area (TPSA) is 33.5 Å². The molecular formula is C11H10BrNO2S. The van der Waals surface area contributed by atoms with Crippen LogP contribution in [0.25, 0.3) is 0 Å². The lowest BCUT2D eigenvalue weighted by molar-refractivity contribution is 0.0786. The van der Waals surface area contributed by atoms with Crippen LogP contribution in [0.2, 0.25) is 0 Å². The first-order chi connectivity index (χ1) is 7.66. The number of hydrogen-bond donors (Lipinski definition) is 0. The second kappa shape index (κ2) is 4.84. The zero-order chi connectivity index (χ0) is 11.5. The number of hydrogen-bond acceptors (Lipinski definition) is 3. The number of thiophene rings is 1. The van der Waals surface area contributed by atoms with Crippen molar-refractivity contribution in [2.75, 3.05) is 7.05 Å². The summed E-state index contributed by atoms with van der Waals surface area (Å²) < 4.78 is 5.96. The van der Waals surface area contributed by atoms with Gasteiger partial charge in [-0.15, -0.1) is 11.3 Å². The summed E-state index contributed by atoms with van der Waals surface area (Å²) in [6, 6.07) is 5.66. The van der Waals surface area contributed by atoms with Crippen molar-refractivity contribution in [3.63, 3.8) is 0 Å². The fourth-order valence-electron chi connectivity index (χ4n) is 1.35. The second-order valence-corrected chi connectivity index (χ2v) is 5.93. The largest absolute Gasteiger partial charge is 0.472 e. The number of amides is 1. The average Bonchev–Trinajstić information content (AvgIpc) is 2.88. The highest BCUT2D eigenvalue weighted by Gasteiger charge is 2.13. The number of furan rings is 1. The van der Waals surface area contributed by atoms with Gasteiger partial charge in [-0.05, 0) is 34.1 Å². The molecule has 5 heteroatoms. The molecule has 0 aromatic carbocycles. The Kier molecular flexibility index (Phi) is 3.46. The molecule has 0 fully saturated rings. The van der Waals surface area contributed by atoms with Gasteiger partial charge < -0.3 is 9.32 Å². The van der Waals surface area contributed by atoms with Crippen molar-refractivity contribution in [3.8, 4) is 0 Å². The molecule has 3 nitrogen and oxygen atoms in total. The summed E-state index contributed by atoms with van der Waals surface area (Å²) in [7, 11) is 1.78. The highest BCUT2D eigenvalue weighted by molar-refractivity contribution is 9.11. The van der Waals surface area contributed by atoms with Crippen LogP contribution in [-0.4, -0.2) is 17.9 Å². The molecule has 0 saturated heterocycles. The lowest BCUT2D eigenvalue weighted by Crippen LogP contribution is -2.25. The minimum atomic E-state index is -0.0294. The molecule has 0 spiro atoms. The maximum atomic E-state index is 11.9. The van der Waals surface area contributed by atoms with Gasteiger partial charge in [0.2, 0.25) is 0 Å². The third-order valence-electron chi connectivity index (χ3n) is 2.14. The Morgan fingerprint density at radius 1 is 1.50 bits per heavy atom. The maximum Gasteiger partial charge on any atom is 0.257 e. The van der Waals surface area contributed by atoms with E-state index in [1.165, 1.54) is 12.5 Å². The summed E-state index contributed by atoms with van der Waals surface area (Å²) in [4.78, 5) is 14.7. The Morgan fingerprint density at radius 3 is 2.88 bits per heavy atom. The molecule has 0 radical (unpaired) electrons. The van der Waals surface area contributed by atoms with Crippen LogP contribution >= 0.6 is 27.3 Å². The Hall–Kier alpha value is -1.07. The van der Waals surface area contributed by atoms with E-state index < -0.39 is 0 Å². The lowest BCUT2D eigenvalue weighted by Gasteiger charge is -2.14. The summed E-state index contributed by atoms with van der Waals surface area (Å²) >= 11 is 5.03. The number of carbonyl (C=O) groups is 1. The van der Waals surface area contributed by atoms with Crippen molar-refractivity contribution < 1.29 is 9.21 Å². The molecule has 0 bridgehead atoms. The normalized spacial score (nSPS) is 10.4. The van der Waals surface area contributed by atoms with Gasteiger partial charge in [0.15, 0.2) is 0 Å². The summed E-state index contributed by atoms with van der Waals surface area (Å²) in [6.45, 7) is 0.611. The van der Waals surface area contributed by atoms with Gasteiger partial charge in [0.25, 0.3) is 5.91 Å². The molecule has 0 aliphatic rings. The van der Waals surface area contributed by atoms with Crippen LogP contribution < -0.4 is 0 Å². The first-order valence-electron chi connectivity index (χ1n) is 4.68. The van der Waals surface area contributed by atoms with Gasteiger partial charge in [-0.25, -0.2) is 0 Å². The third-order valence-corrected chi connectivity index (χ3v) is 3.75. The van der Waals surface area contributed by atoms with Crippen LogP contribution in [0.15, 0.2) is 38.9 Å². The monoisotopic (exact) mass is 299 g/mol. The molecule has 84 valence electrons. The van der Waals surface area contributed by atoms with Gasteiger partial charge >= 0.3 is 0 Å². The van der Waals surface area contributed by atoms with Gasteiger partial charge in [-0.1, -0.05) is 0 Å². The smallest absolute Gasteiger partial charge is 0.257 e. The second-order valence-electron chi connectivity index (χ2n) is 3.38. The Labute approximate surface area is 106 Å². The van der Waals surface area contributed by atoms with E-state index in [9.17, 15) is 4.79 Å². The van der Waals surface area contributed by atoms with E-state index in [4.69, 9.17) is 4.42 Å². The molecular weight excluding hydrogens is 290 g/mol. The Balaban J connectivity index is 2.03. The molecule has 0 saturated carbocycles. The zero-order valence-electron chi connectivity index (χ0n) is 8.64. The molecule has 2 rings (SSSR count). The van der Waals surface area contributed by atoms with Crippen molar-refractivity contribution in [1.29, 1.82) is 0 Å². The van der Waals surface area contributed by atoms with Crippen molar-refractivity contribution in [2.45, 2.75) is 6.54 Å². The quantitative estimate of drug-likeness (QED) is 0.870. The number of rotatable bonds is 3. The number of nitrogens with zero attached hydrogens (tertiary/aromatic N) is 1. The van der Waals surface area contributed by atoms with Crippen LogP contribution in [-0.2, 0) is 6.54 Å². The fourth-order valence-corrected chi connectivity index (χ4v) is 2.89. The van der Waals surface area contributed by atoms with E-state index in [2.05, 4.69) is 15.9 Å². The van der Waals surface area contributed by atoms with Crippen molar-refractivity contribution in [3.05, 3.63) is 45.0 Å². The summed E-state index contributed by atoms with van der Waals surface area (Å²) in [5.41, 5.74) is 0.582. The van der Waals surface area contributed by atoms with Crippen LogP contribution in [0.3, 0.4) is 0 Å². The SMILES string of the molecule is CN(Cc1ccc(Br)s1)C(=O)c1ccoc1. The van der Waals surface area contributed by atoms with Crippen LogP contribution in [0, 0.1) is 0 Å². The van der Waals surface area contributed by atoms with Crippen molar-refractivity contribution in [1.82, 2.24) is 4.90 Å². The molecule has 2 aromatic heterocycles. The van der Waals surface area contributed by atoms with Gasteiger partial charge in [0, 0.05) is 11.9 Å². The van der Waals surface area contributed by atoms with Crippen LogP contribution in [0.5, 0.6) is 0 Å². The number of carbonyl (C=O) groups excluding carboxylic acids is 1. The van der Waals surface area contributed by atoms with Gasteiger partial charge in [0.05, 0.1) is 22.2 Å². The standard InChI is InChI=1S/C11H10BrNO2S/c1-13(6-9-2-3-10(12)16-9)11(14)8-4-5-15-7-8/h2-5,7H,6H2,1H3. The van der Waals surface area contributed by atoms with E-state index in [0.29, 0.717) is 12.1 Å². The van der Waals surface area contributed by atoms with Crippen LogP contribution in [0.4, 0.5) is 0 Å². The molecule has 16 heavy (non-hydrogen) atoms. The predicted octanol–water partition coefficient (Wildman–Crippen LogP) is 3.38. The molecule has 1 amide bonds. The maximum absolute atomic E-state index is 11.9. The highest BCUT2D eigenvalue weighted by Crippen LogP contribution is 2.23. The van der Waals surface area contributed by atoms with Gasteiger partial charge in [0.1, 0.15) is 6.26 Å². The first-order valence-corrected chi connectivity index (χ1v) is 6.29. The zero-order valence-corrected chi connectivity index (χ0v) is 11.0. The van der Waals surface area contributed by atoms with Crippen molar-refractivity contribution >= 4 is 33.2 Å². The fraction of sp³-hybridized carbons (Fsp3) is 0.182. The summed E-state index contributed by atoms with van der Waals surface area (Å²) in [5.74, 6) is -0.0294. The highest BCUT2D eigenvalue weighted by atomic mass is 79.9. The van der Waals surface area contributed by atoms with E-state index in [1.807, 2.05) is 12.1 Å². The van der Waals surface area contributed by atoms with E-state index in [1.54, 1.807) is 29.4 Å². The summed E-state index contributed by atoms with van der Waals surface area (Å²) in [5, 5.41) is 0. The number of halogens is 1. The third kappa shape index (κ3) is 2.54. The predicted molar refractivity (Wildman–Crippen MR) is 66.5 cm³/mol. The van der Waals surface area contributed by atoms with Crippen LogP contribution in [0.1, 0.15) is 15.2 Å². The molecule has 0 aliphatic carbocycles. The first kappa shape index (κ1) is 11.4. The van der Waals surface area contributed by atoms with Gasteiger partial charge in [-0.3, -0.25) is 4.79 Å². The molecule has 0 unspecified atom stereocenters. The van der Waals surface area contributed by atoms with E-state index in [-0.39, 0.29) is 5.91 Å².